The topological polar surface area (TPSA) is 54.5 Å². The van der Waals surface area contributed by atoms with E-state index in [1.165, 1.54) is 4.88 Å². The van der Waals surface area contributed by atoms with Crippen LogP contribution in [0.5, 0.6) is 5.75 Å². The number of fused-ring (bicyclic) bond motifs is 1. The van der Waals surface area contributed by atoms with Crippen molar-refractivity contribution in [1.82, 2.24) is 9.88 Å². The number of benzene rings is 1. The minimum Gasteiger partial charge on any atom is -0.494 e. The van der Waals surface area contributed by atoms with Crippen molar-refractivity contribution in [3.05, 3.63) is 40.4 Å². The number of aromatic nitrogens is 1. The van der Waals surface area contributed by atoms with Gasteiger partial charge in [-0.25, -0.2) is 4.98 Å². The monoisotopic (exact) mass is 317 g/mol. The average Bonchev–Trinajstić information content (AvgIpc) is 2.89. The zero-order chi connectivity index (χ0) is 15.5. The van der Waals surface area contributed by atoms with Gasteiger partial charge in [0, 0.05) is 30.0 Å². The number of thiazole rings is 1. The number of nitrogens with one attached hydrogen (secondary N) is 1. The van der Waals surface area contributed by atoms with Crippen molar-refractivity contribution in [1.29, 1.82) is 0 Å². The number of carbonyl (C=O) groups excluding carboxylic acids is 1. The highest BCUT2D eigenvalue weighted by atomic mass is 32.1. The summed E-state index contributed by atoms with van der Waals surface area (Å²) in [5, 5.41) is 3.57. The van der Waals surface area contributed by atoms with Gasteiger partial charge in [-0.2, -0.15) is 0 Å². The molecule has 1 aromatic carbocycles. The largest absolute Gasteiger partial charge is 0.494 e. The lowest BCUT2D eigenvalue weighted by molar-refractivity contribution is 0.102. The first-order valence-electron chi connectivity index (χ1n) is 7.37. The number of amides is 1. The second kappa shape index (κ2) is 6.46. The van der Waals surface area contributed by atoms with E-state index in [0.29, 0.717) is 23.1 Å². The number of rotatable bonds is 4. The van der Waals surface area contributed by atoms with Gasteiger partial charge in [0.2, 0.25) is 0 Å². The molecule has 0 fully saturated rings. The normalized spacial score (nSPS) is 14.5. The van der Waals surface area contributed by atoms with E-state index in [0.717, 1.165) is 25.2 Å². The minimum absolute atomic E-state index is 0.152. The summed E-state index contributed by atoms with van der Waals surface area (Å²) in [4.78, 5) is 20.4. The lowest BCUT2D eigenvalue weighted by Gasteiger charge is -2.20. The Kier molecular flexibility index (Phi) is 4.40. The molecule has 2 heterocycles. The summed E-state index contributed by atoms with van der Waals surface area (Å²) in [7, 11) is 2.10. The molecule has 0 atom stereocenters. The quantitative estimate of drug-likeness (QED) is 0.942. The number of ether oxygens (including phenoxy) is 1. The van der Waals surface area contributed by atoms with Crippen LogP contribution in [0, 0.1) is 0 Å². The van der Waals surface area contributed by atoms with Crippen LogP contribution in [-0.4, -0.2) is 36.0 Å². The molecule has 0 unspecified atom stereocenters. The first-order chi connectivity index (χ1) is 10.7. The van der Waals surface area contributed by atoms with Crippen LogP contribution in [0.25, 0.3) is 0 Å². The SMILES string of the molecule is CCOc1cccc(C(=O)Nc2nc3c(s2)CN(C)CC3)c1. The molecular weight excluding hydrogens is 298 g/mol. The van der Waals surface area contributed by atoms with Crippen molar-refractivity contribution in [3.63, 3.8) is 0 Å². The highest BCUT2D eigenvalue weighted by Gasteiger charge is 2.19. The molecule has 0 saturated carbocycles. The molecule has 5 nitrogen and oxygen atoms in total. The molecule has 1 N–H and O–H groups in total. The van der Waals surface area contributed by atoms with Crippen LogP contribution in [0.4, 0.5) is 5.13 Å². The first kappa shape index (κ1) is 15.0. The van der Waals surface area contributed by atoms with Gasteiger partial charge in [0.1, 0.15) is 5.75 Å². The van der Waals surface area contributed by atoms with E-state index in [2.05, 4.69) is 22.2 Å². The smallest absolute Gasteiger partial charge is 0.257 e. The Morgan fingerprint density at radius 2 is 2.36 bits per heavy atom. The predicted octanol–water partition coefficient (Wildman–Crippen LogP) is 2.78. The molecule has 116 valence electrons. The second-order valence-corrected chi connectivity index (χ2v) is 6.38. The molecule has 0 bridgehead atoms. The van der Waals surface area contributed by atoms with Crippen LogP contribution in [0.15, 0.2) is 24.3 Å². The number of nitrogens with zero attached hydrogens (tertiary/aromatic N) is 2. The molecule has 1 aliphatic heterocycles. The lowest BCUT2D eigenvalue weighted by Crippen LogP contribution is -2.25. The Balaban J connectivity index is 1.73. The highest BCUT2D eigenvalue weighted by molar-refractivity contribution is 7.15. The average molecular weight is 317 g/mol. The number of hydrogen-bond donors (Lipinski definition) is 1. The van der Waals surface area contributed by atoms with Crippen LogP contribution < -0.4 is 10.1 Å². The fraction of sp³-hybridized carbons (Fsp3) is 0.375. The van der Waals surface area contributed by atoms with Crippen molar-refractivity contribution >= 4 is 22.4 Å². The molecule has 22 heavy (non-hydrogen) atoms. The van der Waals surface area contributed by atoms with Gasteiger partial charge in [0.25, 0.3) is 5.91 Å². The van der Waals surface area contributed by atoms with Crippen LogP contribution >= 0.6 is 11.3 Å². The van der Waals surface area contributed by atoms with Crippen molar-refractivity contribution in [2.45, 2.75) is 19.9 Å². The van der Waals surface area contributed by atoms with E-state index in [4.69, 9.17) is 4.74 Å². The van der Waals surface area contributed by atoms with Crippen LogP contribution in [0.2, 0.25) is 0 Å². The molecule has 0 saturated heterocycles. The highest BCUT2D eigenvalue weighted by Crippen LogP contribution is 2.28. The van der Waals surface area contributed by atoms with Gasteiger partial charge in [0.05, 0.1) is 12.3 Å². The van der Waals surface area contributed by atoms with Crippen molar-refractivity contribution in [3.8, 4) is 5.75 Å². The molecule has 0 spiro atoms. The summed E-state index contributed by atoms with van der Waals surface area (Å²) >= 11 is 1.56. The Bertz CT molecular complexity index is 684. The van der Waals surface area contributed by atoms with Gasteiger partial charge in [0.15, 0.2) is 5.13 Å². The number of carbonyl (C=O) groups is 1. The van der Waals surface area contributed by atoms with Gasteiger partial charge in [-0.05, 0) is 32.2 Å². The lowest BCUT2D eigenvalue weighted by atomic mass is 10.2. The zero-order valence-electron chi connectivity index (χ0n) is 12.8. The fourth-order valence-corrected chi connectivity index (χ4v) is 3.52. The van der Waals surface area contributed by atoms with Crippen molar-refractivity contribution < 1.29 is 9.53 Å². The Hall–Kier alpha value is -1.92. The molecular formula is C16H19N3O2S. The maximum atomic E-state index is 12.3. The molecule has 2 aromatic rings. The van der Waals surface area contributed by atoms with Crippen LogP contribution in [-0.2, 0) is 13.0 Å². The molecule has 0 radical (unpaired) electrons. The van der Waals surface area contributed by atoms with Crippen molar-refractivity contribution in [2.75, 3.05) is 25.5 Å². The molecule has 0 aliphatic carbocycles. The number of hydrogen-bond acceptors (Lipinski definition) is 5. The summed E-state index contributed by atoms with van der Waals surface area (Å²) in [6.07, 6.45) is 0.942. The number of likely N-dealkylation sites (N-methyl/N-ethyl adjacent to an activating group) is 1. The van der Waals surface area contributed by atoms with Gasteiger partial charge < -0.3 is 9.64 Å². The molecule has 3 rings (SSSR count). The third kappa shape index (κ3) is 3.28. The van der Waals surface area contributed by atoms with Gasteiger partial charge in [-0.3, -0.25) is 10.1 Å². The van der Waals surface area contributed by atoms with Crippen molar-refractivity contribution in [2.24, 2.45) is 0 Å². The third-order valence-corrected chi connectivity index (χ3v) is 4.55. The maximum Gasteiger partial charge on any atom is 0.257 e. The zero-order valence-corrected chi connectivity index (χ0v) is 13.6. The molecule has 1 amide bonds. The van der Waals surface area contributed by atoms with E-state index in [1.807, 2.05) is 19.1 Å². The predicted molar refractivity (Wildman–Crippen MR) is 87.7 cm³/mol. The van der Waals surface area contributed by atoms with E-state index in [-0.39, 0.29) is 5.91 Å². The summed E-state index contributed by atoms with van der Waals surface area (Å²) in [5.41, 5.74) is 1.69. The van der Waals surface area contributed by atoms with E-state index in [9.17, 15) is 4.79 Å². The summed E-state index contributed by atoms with van der Waals surface area (Å²) in [6, 6.07) is 7.19. The van der Waals surface area contributed by atoms with Gasteiger partial charge >= 0.3 is 0 Å². The fourth-order valence-electron chi connectivity index (χ4n) is 2.44. The molecule has 1 aliphatic rings. The van der Waals surface area contributed by atoms with E-state index in [1.54, 1.807) is 23.5 Å². The number of anilines is 1. The minimum atomic E-state index is -0.152. The molecule has 1 aromatic heterocycles. The Labute approximate surface area is 133 Å². The Morgan fingerprint density at radius 3 is 3.18 bits per heavy atom. The van der Waals surface area contributed by atoms with Crippen LogP contribution in [0.1, 0.15) is 27.9 Å². The maximum absolute atomic E-state index is 12.3. The summed E-state index contributed by atoms with van der Waals surface area (Å²) in [5.74, 6) is 0.552. The Morgan fingerprint density at radius 1 is 1.50 bits per heavy atom. The molecule has 6 heteroatoms. The van der Waals surface area contributed by atoms with E-state index >= 15 is 0 Å². The van der Waals surface area contributed by atoms with Crippen LogP contribution in [0.3, 0.4) is 0 Å². The van der Waals surface area contributed by atoms with Gasteiger partial charge in [-0.1, -0.05) is 6.07 Å². The van der Waals surface area contributed by atoms with Gasteiger partial charge in [-0.15, -0.1) is 11.3 Å². The third-order valence-electron chi connectivity index (χ3n) is 3.55. The summed E-state index contributed by atoms with van der Waals surface area (Å²) < 4.78 is 5.43. The van der Waals surface area contributed by atoms with E-state index < -0.39 is 0 Å². The summed E-state index contributed by atoms with van der Waals surface area (Å²) in [6.45, 7) is 4.42. The second-order valence-electron chi connectivity index (χ2n) is 5.29. The standard InChI is InChI=1S/C16H19N3O2S/c1-3-21-12-6-4-5-11(9-12)15(20)18-16-17-13-7-8-19(2)10-14(13)22-16/h4-6,9H,3,7-8,10H2,1-2H3,(H,17,18,20). The first-order valence-corrected chi connectivity index (χ1v) is 8.18.